The molecule has 0 saturated carbocycles. The van der Waals surface area contributed by atoms with Crippen LogP contribution >= 0.6 is 12.4 Å². The molecule has 0 radical (unpaired) electrons. The van der Waals surface area contributed by atoms with E-state index in [4.69, 9.17) is 0 Å². The summed E-state index contributed by atoms with van der Waals surface area (Å²) in [5.74, 6) is 0. The second-order valence-corrected chi connectivity index (χ2v) is 7.97. The van der Waals surface area contributed by atoms with Gasteiger partial charge in [0.15, 0.2) is 0 Å². The molecule has 1 unspecified atom stereocenters. The molecular formula is C22H45ClN2O. The van der Waals surface area contributed by atoms with Crippen molar-refractivity contribution in [3.8, 4) is 0 Å². The fraction of sp³-hybridized carbons (Fsp3) is 0.909. The molecule has 0 fully saturated rings. The summed E-state index contributed by atoms with van der Waals surface area (Å²) in [4.78, 5) is 4.55. The van der Waals surface area contributed by atoms with Gasteiger partial charge in [0.25, 0.3) is 0 Å². The zero-order chi connectivity index (χ0) is 18.2. The summed E-state index contributed by atoms with van der Waals surface area (Å²) in [7, 11) is 0. The van der Waals surface area contributed by atoms with Gasteiger partial charge in [0, 0.05) is 25.5 Å². The maximum Gasteiger partial charge on any atom is 0.0894 e. The molecule has 1 atom stereocenters. The smallest absolute Gasteiger partial charge is 0.0894 e. The molecule has 0 aromatic carbocycles. The molecule has 3 nitrogen and oxygen atoms in total. The van der Waals surface area contributed by atoms with E-state index in [0.29, 0.717) is 0 Å². The fourth-order valence-corrected chi connectivity index (χ4v) is 3.63. The molecule has 0 bridgehead atoms. The zero-order valence-corrected chi connectivity index (χ0v) is 18.3. The highest BCUT2D eigenvalue weighted by Gasteiger charge is 2.12. The summed E-state index contributed by atoms with van der Waals surface area (Å²) in [5, 5.41) is 9.41. The van der Waals surface area contributed by atoms with Crippen molar-refractivity contribution in [2.45, 2.75) is 110 Å². The average Bonchev–Trinajstić information content (AvgIpc) is 3.01. The first-order chi connectivity index (χ1) is 12.2. The Morgan fingerprint density at radius 3 is 1.62 bits per heavy atom. The Bertz CT molecular complexity index is 323. The molecule has 0 aliphatic carbocycles. The van der Waals surface area contributed by atoms with Crippen LogP contribution in [0.5, 0.6) is 0 Å². The SMILES string of the molecule is CCCCCCCCCCCCCCCCN1C=CN(CC(C)O)C1.Cl. The molecule has 0 aromatic heterocycles. The van der Waals surface area contributed by atoms with Gasteiger partial charge >= 0.3 is 0 Å². The fourth-order valence-electron chi connectivity index (χ4n) is 3.63. The first kappa shape index (κ1) is 25.6. The van der Waals surface area contributed by atoms with Gasteiger partial charge in [0.05, 0.1) is 12.8 Å². The highest BCUT2D eigenvalue weighted by atomic mass is 35.5. The zero-order valence-electron chi connectivity index (χ0n) is 17.5. The Morgan fingerprint density at radius 2 is 1.15 bits per heavy atom. The number of β-amino-alcohol motifs (C(OH)–C–C–N with tert-alkyl or cyclic N) is 1. The van der Waals surface area contributed by atoms with E-state index >= 15 is 0 Å². The minimum absolute atomic E-state index is 0. The van der Waals surface area contributed by atoms with Crippen LogP contribution in [0.2, 0.25) is 0 Å². The Kier molecular flexibility index (Phi) is 17.7. The van der Waals surface area contributed by atoms with Crippen LogP contribution in [0.3, 0.4) is 0 Å². The lowest BCUT2D eigenvalue weighted by Gasteiger charge is -2.22. The number of aliphatic hydroxyl groups is 1. The van der Waals surface area contributed by atoms with Gasteiger partial charge < -0.3 is 14.9 Å². The third kappa shape index (κ3) is 14.7. The second-order valence-electron chi connectivity index (χ2n) is 7.97. The van der Waals surface area contributed by atoms with Crippen LogP contribution in [0, 0.1) is 0 Å². The lowest BCUT2D eigenvalue weighted by molar-refractivity contribution is 0.138. The Balaban J connectivity index is 0.00000625. The quantitative estimate of drug-likeness (QED) is 0.295. The predicted octanol–water partition coefficient (Wildman–Crippen LogP) is 6.32. The van der Waals surface area contributed by atoms with Gasteiger partial charge in [-0.1, -0.05) is 90.4 Å². The van der Waals surface area contributed by atoms with Gasteiger partial charge in [-0.25, -0.2) is 0 Å². The van der Waals surface area contributed by atoms with Crippen molar-refractivity contribution < 1.29 is 5.11 Å². The van der Waals surface area contributed by atoms with Crippen molar-refractivity contribution >= 4 is 12.4 Å². The molecule has 1 N–H and O–H groups in total. The molecule has 1 aliphatic heterocycles. The van der Waals surface area contributed by atoms with E-state index in [-0.39, 0.29) is 18.5 Å². The number of aliphatic hydroxyl groups excluding tert-OH is 1. The molecule has 1 heterocycles. The molecule has 1 aliphatic rings. The minimum atomic E-state index is -0.245. The minimum Gasteiger partial charge on any atom is -0.392 e. The third-order valence-corrected chi connectivity index (χ3v) is 5.15. The van der Waals surface area contributed by atoms with Crippen LogP contribution in [0.25, 0.3) is 0 Å². The molecule has 0 saturated heterocycles. The molecule has 4 heteroatoms. The molecule has 1 rings (SSSR count). The summed E-state index contributed by atoms with van der Waals surface area (Å²) < 4.78 is 0. The summed E-state index contributed by atoms with van der Waals surface area (Å²) in [6, 6.07) is 0. The van der Waals surface area contributed by atoms with E-state index in [1.165, 1.54) is 89.9 Å². The Labute approximate surface area is 169 Å². The van der Waals surface area contributed by atoms with Crippen LogP contribution in [0.15, 0.2) is 12.4 Å². The van der Waals surface area contributed by atoms with Gasteiger partial charge in [-0.05, 0) is 13.3 Å². The van der Waals surface area contributed by atoms with Gasteiger partial charge in [-0.3, -0.25) is 0 Å². The summed E-state index contributed by atoms with van der Waals surface area (Å²) in [6.45, 7) is 6.99. The molecular weight excluding hydrogens is 344 g/mol. The van der Waals surface area contributed by atoms with Crippen molar-refractivity contribution in [3.63, 3.8) is 0 Å². The maximum atomic E-state index is 9.41. The van der Waals surface area contributed by atoms with Crippen molar-refractivity contribution in [3.05, 3.63) is 12.4 Å². The number of rotatable bonds is 17. The number of unbranched alkanes of at least 4 members (excludes halogenated alkanes) is 13. The van der Waals surface area contributed by atoms with Crippen LogP contribution in [0.4, 0.5) is 0 Å². The molecule has 0 aromatic rings. The third-order valence-electron chi connectivity index (χ3n) is 5.15. The monoisotopic (exact) mass is 388 g/mol. The maximum absolute atomic E-state index is 9.41. The summed E-state index contributed by atoms with van der Waals surface area (Å²) in [6.07, 6.45) is 23.9. The predicted molar refractivity (Wildman–Crippen MR) is 117 cm³/mol. The lowest BCUT2D eigenvalue weighted by Crippen LogP contribution is -2.30. The van der Waals surface area contributed by atoms with Gasteiger partial charge in [-0.15, -0.1) is 12.4 Å². The van der Waals surface area contributed by atoms with Crippen LogP contribution in [-0.2, 0) is 0 Å². The molecule has 26 heavy (non-hydrogen) atoms. The topological polar surface area (TPSA) is 26.7 Å². The number of hydrogen-bond acceptors (Lipinski definition) is 3. The molecule has 0 amide bonds. The van der Waals surface area contributed by atoms with Gasteiger partial charge in [0.1, 0.15) is 0 Å². The lowest BCUT2D eigenvalue weighted by atomic mass is 10.0. The van der Waals surface area contributed by atoms with Gasteiger partial charge in [-0.2, -0.15) is 0 Å². The first-order valence-electron chi connectivity index (χ1n) is 11.1. The van der Waals surface area contributed by atoms with E-state index in [1.54, 1.807) is 0 Å². The van der Waals surface area contributed by atoms with E-state index in [2.05, 4.69) is 29.1 Å². The first-order valence-corrected chi connectivity index (χ1v) is 11.1. The summed E-state index contributed by atoms with van der Waals surface area (Å²) in [5.41, 5.74) is 0. The Hall–Kier alpha value is -0.410. The van der Waals surface area contributed by atoms with E-state index in [1.807, 2.05) is 6.92 Å². The van der Waals surface area contributed by atoms with Crippen molar-refractivity contribution in [2.24, 2.45) is 0 Å². The number of nitrogens with zero attached hydrogens (tertiary/aromatic N) is 2. The van der Waals surface area contributed by atoms with E-state index < -0.39 is 0 Å². The Morgan fingerprint density at radius 1 is 0.731 bits per heavy atom. The normalized spacial score (nSPS) is 14.7. The van der Waals surface area contributed by atoms with E-state index in [9.17, 15) is 5.11 Å². The standard InChI is InChI=1S/C22H44N2O.ClH/c1-3-4-5-6-7-8-9-10-11-12-13-14-15-16-17-23-18-19-24(21-23)20-22(2)25;/h18-19,22,25H,3-17,20-21H2,1-2H3;1H. The number of hydrogen-bond donors (Lipinski definition) is 1. The van der Waals surface area contributed by atoms with Crippen LogP contribution < -0.4 is 0 Å². The highest BCUT2D eigenvalue weighted by Crippen LogP contribution is 2.14. The highest BCUT2D eigenvalue weighted by molar-refractivity contribution is 5.85. The van der Waals surface area contributed by atoms with Gasteiger partial charge in [0.2, 0.25) is 0 Å². The van der Waals surface area contributed by atoms with E-state index in [0.717, 1.165) is 19.8 Å². The van der Waals surface area contributed by atoms with Crippen molar-refractivity contribution in [1.82, 2.24) is 9.80 Å². The van der Waals surface area contributed by atoms with Crippen LogP contribution in [0.1, 0.15) is 104 Å². The largest absolute Gasteiger partial charge is 0.392 e. The molecule has 0 spiro atoms. The average molecular weight is 389 g/mol. The second kappa shape index (κ2) is 18.0. The summed E-state index contributed by atoms with van der Waals surface area (Å²) >= 11 is 0. The number of halogens is 1. The van der Waals surface area contributed by atoms with Crippen LogP contribution in [-0.4, -0.2) is 40.8 Å². The molecule has 156 valence electrons. The van der Waals surface area contributed by atoms with Crippen molar-refractivity contribution in [2.75, 3.05) is 19.8 Å². The van der Waals surface area contributed by atoms with Crippen molar-refractivity contribution in [1.29, 1.82) is 0 Å².